The Morgan fingerprint density at radius 2 is 1.92 bits per heavy atom. The Hall–Kier alpha value is -2.59. The molecule has 134 valence electrons. The van der Waals surface area contributed by atoms with Crippen LogP contribution in [0.25, 0.3) is 10.9 Å². The molecule has 3 aromatic rings. The standard InChI is InChI=1S/C22H24N2O2/c25-22(23-14-19-9-6-12-26-19)13-18-16-24(15-17-7-2-1-3-8-17)21-11-5-4-10-20(18)21/h1-5,7-8,10-11,16,19H,6,9,12-15H2,(H,23,25). The molecule has 2 heterocycles. The van der Waals surface area contributed by atoms with Gasteiger partial charge in [0.1, 0.15) is 0 Å². The number of aromatic nitrogens is 1. The van der Waals surface area contributed by atoms with Crippen molar-refractivity contribution in [3.05, 3.63) is 71.9 Å². The van der Waals surface area contributed by atoms with Gasteiger partial charge in [-0.15, -0.1) is 0 Å². The number of carbonyl (C=O) groups excluding carboxylic acids is 1. The highest BCUT2D eigenvalue weighted by molar-refractivity contribution is 5.89. The Bertz CT molecular complexity index is 880. The van der Waals surface area contributed by atoms with E-state index in [0.29, 0.717) is 13.0 Å². The van der Waals surface area contributed by atoms with Gasteiger partial charge in [0, 0.05) is 36.8 Å². The highest BCUT2D eigenvalue weighted by Crippen LogP contribution is 2.23. The molecule has 1 atom stereocenters. The van der Waals surface area contributed by atoms with Crippen LogP contribution in [0.2, 0.25) is 0 Å². The Kier molecular flexibility index (Phi) is 5.02. The largest absolute Gasteiger partial charge is 0.376 e. The number of nitrogens with one attached hydrogen (secondary N) is 1. The fourth-order valence-electron chi connectivity index (χ4n) is 3.64. The fraction of sp³-hybridized carbons (Fsp3) is 0.318. The van der Waals surface area contributed by atoms with Crippen LogP contribution < -0.4 is 5.32 Å². The topological polar surface area (TPSA) is 43.3 Å². The van der Waals surface area contributed by atoms with E-state index >= 15 is 0 Å². The monoisotopic (exact) mass is 348 g/mol. The number of amides is 1. The Morgan fingerprint density at radius 1 is 1.12 bits per heavy atom. The fourth-order valence-corrected chi connectivity index (χ4v) is 3.64. The zero-order valence-electron chi connectivity index (χ0n) is 14.9. The first kappa shape index (κ1) is 16.9. The van der Waals surface area contributed by atoms with Crippen molar-refractivity contribution < 1.29 is 9.53 Å². The molecule has 2 aromatic carbocycles. The number of ether oxygens (including phenoxy) is 1. The first-order valence-corrected chi connectivity index (χ1v) is 9.28. The van der Waals surface area contributed by atoms with Crippen LogP contribution in [0.3, 0.4) is 0 Å². The third-order valence-corrected chi connectivity index (χ3v) is 4.97. The zero-order chi connectivity index (χ0) is 17.8. The quantitative estimate of drug-likeness (QED) is 0.741. The molecule has 0 spiro atoms. The van der Waals surface area contributed by atoms with Crippen LogP contribution in [-0.2, 0) is 22.5 Å². The van der Waals surface area contributed by atoms with E-state index in [4.69, 9.17) is 4.74 Å². The second-order valence-electron chi connectivity index (χ2n) is 6.90. The molecular formula is C22H24N2O2. The minimum atomic E-state index is 0.0584. The zero-order valence-corrected chi connectivity index (χ0v) is 14.9. The highest BCUT2D eigenvalue weighted by Gasteiger charge is 2.17. The van der Waals surface area contributed by atoms with Gasteiger partial charge in [0.15, 0.2) is 0 Å². The minimum absolute atomic E-state index is 0.0584. The van der Waals surface area contributed by atoms with Crippen LogP contribution >= 0.6 is 0 Å². The smallest absolute Gasteiger partial charge is 0.224 e. The molecule has 0 saturated carbocycles. The summed E-state index contributed by atoms with van der Waals surface area (Å²) in [5, 5.41) is 4.17. The molecule has 1 saturated heterocycles. The van der Waals surface area contributed by atoms with E-state index in [1.165, 1.54) is 11.1 Å². The molecule has 1 N–H and O–H groups in total. The normalized spacial score (nSPS) is 16.8. The van der Waals surface area contributed by atoms with E-state index in [1.54, 1.807) is 0 Å². The molecule has 4 heteroatoms. The number of hydrogen-bond acceptors (Lipinski definition) is 2. The maximum atomic E-state index is 12.4. The summed E-state index contributed by atoms with van der Waals surface area (Å²) in [7, 11) is 0. The number of para-hydroxylation sites is 1. The summed E-state index contributed by atoms with van der Waals surface area (Å²) in [5.74, 6) is 0.0584. The summed E-state index contributed by atoms with van der Waals surface area (Å²) in [6.45, 7) is 2.23. The van der Waals surface area contributed by atoms with Crippen molar-refractivity contribution in [1.82, 2.24) is 9.88 Å². The summed E-state index contributed by atoms with van der Waals surface area (Å²) in [6.07, 6.45) is 4.82. The summed E-state index contributed by atoms with van der Waals surface area (Å²) >= 11 is 0. The molecule has 1 aliphatic rings. The van der Waals surface area contributed by atoms with Gasteiger partial charge in [-0.2, -0.15) is 0 Å². The second-order valence-corrected chi connectivity index (χ2v) is 6.90. The SMILES string of the molecule is O=C(Cc1cn(Cc2ccccc2)c2ccccc12)NCC1CCCO1. The number of fused-ring (bicyclic) bond motifs is 1. The Morgan fingerprint density at radius 3 is 2.73 bits per heavy atom. The van der Waals surface area contributed by atoms with Crippen molar-refractivity contribution in [2.45, 2.75) is 31.9 Å². The number of carbonyl (C=O) groups is 1. The van der Waals surface area contributed by atoms with Crippen molar-refractivity contribution in [1.29, 1.82) is 0 Å². The number of rotatable bonds is 6. The van der Waals surface area contributed by atoms with Gasteiger partial charge in [-0.05, 0) is 30.0 Å². The molecule has 1 fully saturated rings. The molecule has 4 nitrogen and oxygen atoms in total. The van der Waals surface area contributed by atoms with Crippen molar-refractivity contribution in [2.75, 3.05) is 13.2 Å². The lowest BCUT2D eigenvalue weighted by Crippen LogP contribution is -2.32. The van der Waals surface area contributed by atoms with E-state index in [9.17, 15) is 4.79 Å². The van der Waals surface area contributed by atoms with Crippen LogP contribution in [-0.4, -0.2) is 29.7 Å². The van der Waals surface area contributed by atoms with E-state index in [-0.39, 0.29) is 12.0 Å². The lowest BCUT2D eigenvalue weighted by molar-refractivity contribution is -0.120. The molecule has 0 bridgehead atoms. The minimum Gasteiger partial charge on any atom is -0.376 e. The van der Waals surface area contributed by atoms with Crippen molar-refractivity contribution >= 4 is 16.8 Å². The van der Waals surface area contributed by atoms with E-state index in [1.807, 2.05) is 18.2 Å². The highest BCUT2D eigenvalue weighted by atomic mass is 16.5. The van der Waals surface area contributed by atoms with Gasteiger partial charge in [0.2, 0.25) is 5.91 Å². The van der Waals surface area contributed by atoms with Crippen LogP contribution in [0.1, 0.15) is 24.0 Å². The predicted molar refractivity (Wildman–Crippen MR) is 103 cm³/mol. The van der Waals surface area contributed by atoms with Gasteiger partial charge in [0.05, 0.1) is 12.5 Å². The second kappa shape index (κ2) is 7.75. The first-order chi connectivity index (χ1) is 12.8. The lowest BCUT2D eigenvalue weighted by Gasteiger charge is -2.10. The molecule has 26 heavy (non-hydrogen) atoms. The van der Waals surface area contributed by atoms with E-state index in [2.05, 4.69) is 52.5 Å². The third-order valence-electron chi connectivity index (χ3n) is 4.97. The first-order valence-electron chi connectivity index (χ1n) is 9.28. The van der Waals surface area contributed by atoms with Crippen molar-refractivity contribution in [2.24, 2.45) is 0 Å². The maximum Gasteiger partial charge on any atom is 0.224 e. The molecule has 0 aliphatic carbocycles. The van der Waals surface area contributed by atoms with Gasteiger partial charge >= 0.3 is 0 Å². The molecule has 1 amide bonds. The summed E-state index contributed by atoms with van der Waals surface area (Å²) < 4.78 is 7.80. The Balaban J connectivity index is 1.50. The average molecular weight is 348 g/mol. The molecule has 4 rings (SSSR count). The maximum absolute atomic E-state index is 12.4. The van der Waals surface area contributed by atoms with Gasteiger partial charge in [-0.3, -0.25) is 4.79 Å². The summed E-state index contributed by atoms with van der Waals surface area (Å²) in [5.41, 5.74) is 3.49. The van der Waals surface area contributed by atoms with E-state index in [0.717, 1.165) is 36.9 Å². The number of hydrogen-bond donors (Lipinski definition) is 1. The van der Waals surface area contributed by atoms with Crippen LogP contribution in [0.15, 0.2) is 60.8 Å². The van der Waals surface area contributed by atoms with Crippen molar-refractivity contribution in [3.63, 3.8) is 0 Å². The predicted octanol–water partition coefficient (Wildman–Crippen LogP) is 3.53. The molecule has 1 aromatic heterocycles. The van der Waals surface area contributed by atoms with E-state index < -0.39 is 0 Å². The Labute approximate surface area is 153 Å². The third kappa shape index (κ3) is 3.81. The van der Waals surface area contributed by atoms with Crippen LogP contribution in [0.4, 0.5) is 0 Å². The van der Waals surface area contributed by atoms with Gasteiger partial charge in [-0.1, -0.05) is 48.5 Å². The number of benzene rings is 2. The number of nitrogens with zero attached hydrogens (tertiary/aromatic N) is 1. The average Bonchev–Trinajstić information content (AvgIpc) is 3.30. The lowest BCUT2D eigenvalue weighted by atomic mass is 10.1. The summed E-state index contributed by atoms with van der Waals surface area (Å²) in [4.78, 5) is 12.4. The van der Waals surface area contributed by atoms with Crippen LogP contribution in [0, 0.1) is 0 Å². The molecule has 0 radical (unpaired) electrons. The molecule has 1 aliphatic heterocycles. The van der Waals surface area contributed by atoms with Gasteiger partial charge < -0.3 is 14.6 Å². The van der Waals surface area contributed by atoms with Gasteiger partial charge in [0.25, 0.3) is 0 Å². The summed E-state index contributed by atoms with van der Waals surface area (Å²) in [6, 6.07) is 18.7. The van der Waals surface area contributed by atoms with Crippen molar-refractivity contribution in [3.8, 4) is 0 Å². The van der Waals surface area contributed by atoms with Crippen LogP contribution in [0.5, 0.6) is 0 Å². The molecular weight excluding hydrogens is 324 g/mol. The van der Waals surface area contributed by atoms with Gasteiger partial charge in [-0.25, -0.2) is 0 Å². The molecule has 1 unspecified atom stereocenters.